The third kappa shape index (κ3) is 3.13. The summed E-state index contributed by atoms with van der Waals surface area (Å²) in [7, 11) is 0. The number of nitrogens with zero attached hydrogens (tertiary/aromatic N) is 5. The number of hydrogen-bond donors (Lipinski definition) is 1. The first-order valence-corrected chi connectivity index (χ1v) is 6.92. The molecule has 0 spiro atoms. The molecule has 1 amide bonds. The van der Waals surface area contributed by atoms with Crippen molar-refractivity contribution in [1.29, 1.82) is 0 Å². The Morgan fingerprint density at radius 1 is 1.19 bits per heavy atom. The Balaban J connectivity index is 1.70. The molecule has 7 nitrogen and oxygen atoms in total. The van der Waals surface area contributed by atoms with Gasteiger partial charge in [0.15, 0.2) is 11.5 Å². The van der Waals surface area contributed by atoms with Crippen molar-refractivity contribution in [3.05, 3.63) is 35.8 Å². The number of carbonyl (C=O) groups is 1. The smallest absolute Gasteiger partial charge is 0.278 e. The number of amides is 1. The average molecular weight is 284 g/mol. The number of aromatic nitrogens is 4. The lowest BCUT2D eigenvalue weighted by atomic mass is 10.3. The normalized spacial score (nSPS) is 14.2. The van der Waals surface area contributed by atoms with E-state index in [1.807, 2.05) is 13.0 Å². The van der Waals surface area contributed by atoms with Crippen molar-refractivity contribution in [2.75, 3.05) is 23.3 Å². The molecule has 0 bridgehead atoms. The second kappa shape index (κ2) is 5.82. The molecule has 1 aliphatic rings. The first-order valence-electron chi connectivity index (χ1n) is 6.92. The van der Waals surface area contributed by atoms with Crippen LogP contribution in [-0.4, -0.2) is 39.2 Å². The largest absolute Gasteiger partial charge is 0.355 e. The first-order chi connectivity index (χ1) is 10.2. The number of carbonyl (C=O) groups excluding carboxylic acids is 1. The zero-order valence-electron chi connectivity index (χ0n) is 11.8. The molecule has 3 rings (SSSR count). The molecule has 2 aromatic rings. The van der Waals surface area contributed by atoms with Gasteiger partial charge in [-0.2, -0.15) is 0 Å². The average Bonchev–Trinajstić information content (AvgIpc) is 3.01. The predicted octanol–water partition coefficient (Wildman–Crippen LogP) is 1.43. The van der Waals surface area contributed by atoms with Crippen LogP contribution in [0.1, 0.15) is 29.0 Å². The fourth-order valence-electron chi connectivity index (χ4n) is 2.24. The van der Waals surface area contributed by atoms with Gasteiger partial charge in [0, 0.05) is 25.0 Å². The summed E-state index contributed by atoms with van der Waals surface area (Å²) in [6.07, 6.45) is 3.95. The molecule has 108 valence electrons. The monoisotopic (exact) mass is 284 g/mol. The molecule has 0 radical (unpaired) electrons. The summed E-state index contributed by atoms with van der Waals surface area (Å²) < 4.78 is 0. The summed E-state index contributed by atoms with van der Waals surface area (Å²) in [5.74, 6) is 0.724. The van der Waals surface area contributed by atoms with E-state index < -0.39 is 0 Å². The fraction of sp³-hybridized carbons (Fsp3) is 0.357. The van der Waals surface area contributed by atoms with Crippen molar-refractivity contribution in [3.63, 3.8) is 0 Å². The Bertz CT molecular complexity index is 636. The quantitative estimate of drug-likeness (QED) is 0.918. The molecule has 1 fully saturated rings. The van der Waals surface area contributed by atoms with Crippen molar-refractivity contribution in [1.82, 2.24) is 20.2 Å². The molecule has 21 heavy (non-hydrogen) atoms. The van der Waals surface area contributed by atoms with Crippen molar-refractivity contribution < 1.29 is 4.79 Å². The fourth-order valence-corrected chi connectivity index (χ4v) is 2.24. The Morgan fingerprint density at radius 3 is 2.67 bits per heavy atom. The van der Waals surface area contributed by atoms with Gasteiger partial charge in [-0.15, -0.1) is 10.2 Å². The van der Waals surface area contributed by atoms with Gasteiger partial charge in [-0.25, -0.2) is 9.97 Å². The Morgan fingerprint density at radius 2 is 2.00 bits per heavy atom. The van der Waals surface area contributed by atoms with E-state index in [9.17, 15) is 4.79 Å². The van der Waals surface area contributed by atoms with Gasteiger partial charge in [-0.1, -0.05) is 0 Å². The summed E-state index contributed by atoms with van der Waals surface area (Å²) in [6, 6.07) is 5.26. The molecule has 2 aromatic heterocycles. The minimum absolute atomic E-state index is 0.253. The van der Waals surface area contributed by atoms with Gasteiger partial charge in [0.05, 0.1) is 0 Å². The van der Waals surface area contributed by atoms with Crippen LogP contribution in [0.15, 0.2) is 24.4 Å². The second-order valence-electron chi connectivity index (χ2n) is 4.95. The molecule has 0 unspecified atom stereocenters. The predicted molar refractivity (Wildman–Crippen MR) is 78.2 cm³/mol. The summed E-state index contributed by atoms with van der Waals surface area (Å²) in [6.45, 7) is 3.83. The first kappa shape index (κ1) is 13.4. The molecule has 1 saturated heterocycles. The van der Waals surface area contributed by atoms with Crippen LogP contribution in [-0.2, 0) is 0 Å². The summed E-state index contributed by atoms with van der Waals surface area (Å²) >= 11 is 0. The maximum atomic E-state index is 12.1. The van der Waals surface area contributed by atoms with Crippen LogP contribution in [0.4, 0.5) is 11.8 Å². The maximum Gasteiger partial charge on any atom is 0.278 e. The minimum Gasteiger partial charge on any atom is -0.355 e. The molecule has 7 heteroatoms. The highest BCUT2D eigenvalue weighted by Crippen LogP contribution is 2.16. The van der Waals surface area contributed by atoms with E-state index >= 15 is 0 Å². The van der Waals surface area contributed by atoms with Crippen molar-refractivity contribution >= 4 is 17.7 Å². The van der Waals surface area contributed by atoms with Crippen LogP contribution >= 0.6 is 0 Å². The summed E-state index contributed by atoms with van der Waals surface area (Å²) in [4.78, 5) is 22.3. The number of hydrogen-bond acceptors (Lipinski definition) is 6. The van der Waals surface area contributed by atoms with Gasteiger partial charge >= 0.3 is 0 Å². The van der Waals surface area contributed by atoms with Gasteiger partial charge in [-0.3, -0.25) is 10.1 Å². The Kier molecular flexibility index (Phi) is 3.72. The number of rotatable bonds is 3. The van der Waals surface area contributed by atoms with Crippen molar-refractivity contribution in [2.24, 2.45) is 0 Å². The lowest BCUT2D eigenvalue weighted by molar-refractivity contribution is 0.102. The van der Waals surface area contributed by atoms with Crippen LogP contribution in [0.3, 0.4) is 0 Å². The molecule has 0 saturated carbocycles. The lowest BCUT2D eigenvalue weighted by Gasteiger charge is -2.15. The Labute approximate surface area is 122 Å². The SMILES string of the molecule is Cc1ccnc(NC(=O)c2ccc(N3CCCC3)nn2)n1. The highest BCUT2D eigenvalue weighted by molar-refractivity contribution is 6.01. The van der Waals surface area contributed by atoms with Crippen molar-refractivity contribution in [3.8, 4) is 0 Å². The van der Waals surface area contributed by atoms with Crippen molar-refractivity contribution in [2.45, 2.75) is 19.8 Å². The molecule has 0 aromatic carbocycles. The van der Waals surface area contributed by atoms with E-state index in [0.29, 0.717) is 0 Å². The molecular formula is C14H16N6O. The van der Waals surface area contributed by atoms with E-state index in [2.05, 4.69) is 30.4 Å². The molecule has 3 heterocycles. The van der Waals surface area contributed by atoms with Gasteiger partial charge in [0.1, 0.15) is 0 Å². The van der Waals surface area contributed by atoms with E-state index in [0.717, 1.165) is 24.6 Å². The highest BCUT2D eigenvalue weighted by atomic mass is 16.2. The van der Waals surface area contributed by atoms with E-state index in [1.54, 1.807) is 18.3 Å². The second-order valence-corrected chi connectivity index (χ2v) is 4.95. The van der Waals surface area contributed by atoms with Gasteiger partial charge in [0.25, 0.3) is 5.91 Å². The van der Waals surface area contributed by atoms with Crippen LogP contribution in [0.2, 0.25) is 0 Å². The van der Waals surface area contributed by atoms with Crippen LogP contribution < -0.4 is 10.2 Å². The summed E-state index contributed by atoms with van der Waals surface area (Å²) in [5, 5.41) is 10.7. The topological polar surface area (TPSA) is 83.9 Å². The van der Waals surface area contributed by atoms with Gasteiger partial charge in [-0.05, 0) is 38.0 Å². The number of nitrogens with one attached hydrogen (secondary N) is 1. The summed E-state index contributed by atoms with van der Waals surface area (Å²) in [5.41, 5.74) is 1.04. The standard InChI is InChI=1S/C14H16N6O/c1-10-6-7-15-14(16-10)17-13(21)11-4-5-12(19-18-11)20-8-2-3-9-20/h4-7H,2-3,8-9H2,1H3,(H,15,16,17,21). The zero-order chi connectivity index (χ0) is 14.7. The van der Waals surface area contributed by atoms with E-state index in [4.69, 9.17) is 0 Å². The maximum absolute atomic E-state index is 12.1. The molecule has 0 atom stereocenters. The van der Waals surface area contributed by atoms with E-state index in [1.165, 1.54) is 12.8 Å². The van der Waals surface area contributed by atoms with E-state index in [-0.39, 0.29) is 17.5 Å². The van der Waals surface area contributed by atoms with Crippen LogP contribution in [0.25, 0.3) is 0 Å². The molecular weight excluding hydrogens is 268 g/mol. The number of anilines is 2. The third-order valence-electron chi connectivity index (χ3n) is 3.33. The number of aryl methyl sites for hydroxylation is 1. The van der Waals surface area contributed by atoms with Gasteiger partial charge in [0.2, 0.25) is 5.95 Å². The molecule has 0 aliphatic carbocycles. The molecule has 1 aliphatic heterocycles. The van der Waals surface area contributed by atoms with Gasteiger partial charge < -0.3 is 4.90 Å². The minimum atomic E-state index is -0.360. The van der Waals surface area contributed by atoms with Crippen LogP contribution in [0.5, 0.6) is 0 Å². The third-order valence-corrected chi connectivity index (χ3v) is 3.33. The highest BCUT2D eigenvalue weighted by Gasteiger charge is 2.15. The Hall–Kier alpha value is -2.57. The molecule has 1 N–H and O–H groups in total. The lowest BCUT2D eigenvalue weighted by Crippen LogP contribution is -2.21. The zero-order valence-corrected chi connectivity index (χ0v) is 11.8. The van der Waals surface area contributed by atoms with Crippen LogP contribution in [0, 0.1) is 6.92 Å².